The van der Waals surface area contributed by atoms with Crippen LogP contribution in [0.5, 0.6) is 0 Å². The van der Waals surface area contributed by atoms with Gasteiger partial charge in [0, 0.05) is 32.5 Å². The number of anilines is 1. The molecule has 0 aliphatic rings. The Bertz CT molecular complexity index is 624. The molecule has 0 aliphatic heterocycles. The Morgan fingerprint density at radius 2 is 1.56 bits per heavy atom. The second-order valence-corrected chi connectivity index (χ2v) is 9.35. The highest BCUT2D eigenvalue weighted by molar-refractivity contribution is 6.60. The zero-order valence-electron chi connectivity index (χ0n) is 16.4. The summed E-state index contributed by atoms with van der Waals surface area (Å²) in [6, 6.07) is 21.2. The summed E-state index contributed by atoms with van der Waals surface area (Å²) < 4.78 is 18.1. The van der Waals surface area contributed by atoms with E-state index in [0.29, 0.717) is 6.54 Å². The van der Waals surface area contributed by atoms with Crippen molar-refractivity contribution in [2.45, 2.75) is 31.4 Å². The lowest BCUT2D eigenvalue weighted by atomic mass is 10.1. The average molecular weight is 389 g/mol. The second-order valence-electron chi connectivity index (χ2n) is 6.44. The number of hydrogen-bond donors (Lipinski definition) is 2. The Balaban J connectivity index is 1.97. The van der Waals surface area contributed by atoms with E-state index in [1.54, 1.807) is 14.2 Å². The molecule has 0 amide bonds. The van der Waals surface area contributed by atoms with Gasteiger partial charge in [0.15, 0.2) is 0 Å². The van der Waals surface area contributed by atoms with Gasteiger partial charge in [-0.1, -0.05) is 48.5 Å². The first kappa shape index (κ1) is 21.6. The molecule has 5 nitrogen and oxygen atoms in total. The van der Waals surface area contributed by atoms with E-state index in [1.165, 1.54) is 0 Å². The van der Waals surface area contributed by atoms with E-state index in [0.717, 1.165) is 43.1 Å². The maximum Gasteiger partial charge on any atom is 0.500 e. The molecule has 27 heavy (non-hydrogen) atoms. The van der Waals surface area contributed by atoms with Crippen LogP contribution in [0.3, 0.4) is 0 Å². The molecule has 2 aromatic carbocycles. The van der Waals surface area contributed by atoms with Crippen molar-refractivity contribution in [1.82, 2.24) is 0 Å². The highest BCUT2D eigenvalue weighted by Crippen LogP contribution is 2.29. The van der Waals surface area contributed by atoms with Gasteiger partial charge in [-0.2, -0.15) is 0 Å². The highest BCUT2D eigenvalue weighted by atomic mass is 28.4. The number of benzene rings is 2. The molecule has 0 saturated heterocycles. The van der Waals surface area contributed by atoms with Crippen LogP contribution in [0.2, 0.25) is 6.04 Å². The summed E-state index contributed by atoms with van der Waals surface area (Å²) in [4.78, 5) is 0. The summed E-state index contributed by atoms with van der Waals surface area (Å²) >= 11 is 0. The SMILES string of the molecule is CO[Si](CCCNc1ccccc1)(OC)OC(CCCN)c1ccccc1. The third-order valence-electron chi connectivity index (χ3n) is 4.55. The van der Waals surface area contributed by atoms with Crippen molar-refractivity contribution in [3.8, 4) is 0 Å². The van der Waals surface area contributed by atoms with E-state index >= 15 is 0 Å². The Morgan fingerprint density at radius 3 is 2.15 bits per heavy atom. The molecular formula is C21H32N2O3Si. The third kappa shape index (κ3) is 7.08. The molecule has 148 valence electrons. The largest absolute Gasteiger partial charge is 0.500 e. The monoisotopic (exact) mass is 388 g/mol. The molecule has 0 saturated carbocycles. The van der Waals surface area contributed by atoms with Gasteiger partial charge in [-0.05, 0) is 43.5 Å². The lowest BCUT2D eigenvalue weighted by Gasteiger charge is -2.31. The quantitative estimate of drug-likeness (QED) is 0.397. The van der Waals surface area contributed by atoms with Crippen molar-refractivity contribution in [3.05, 3.63) is 66.2 Å². The Morgan fingerprint density at radius 1 is 0.926 bits per heavy atom. The van der Waals surface area contributed by atoms with E-state index in [-0.39, 0.29) is 6.10 Å². The van der Waals surface area contributed by atoms with Crippen molar-refractivity contribution in [2.75, 3.05) is 32.6 Å². The van der Waals surface area contributed by atoms with E-state index in [2.05, 4.69) is 29.6 Å². The standard InChI is InChI=1S/C21H32N2O3Si/c1-24-27(25-2,18-10-17-23-20-13-7-4-8-14-20)26-21(15-9-16-22)19-11-5-3-6-12-19/h3-8,11-14,21,23H,9-10,15-18,22H2,1-2H3. The molecule has 2 rings (SSSR count). The molecule has 1 atom stereocenters. The van der Waals surface area contributed by atoms with Gasteiger partial charge in [0.2, 0.25) is 0 Å². The van der Waals surface area contributed by atoms with Gasteiger partial charge in [0.1, 0.15) is 0 Å². The molecule has 0 aliphatic carbocycles. The number of nitrogens with two attached hydrogens (primary N) is 1. The summed E-state index contributed by atoms with van der Waals surface area (Å²) in [5, 5.41) is 3.42. The van der Waals surface area contributed by atoms with E-state index < -0.39 is 8.80 Å². The summed E-state index contributed by atoms with van der Waals surface area (Å²) in [6.07, 6.45) is 2.58. The maximum atomic E-state index is 6.49. The Kier molecular flexibility index (Phi) is 9.51. The molecule has 0 aromatic heterocycles. The predicted molar refractivity (Wildman–Crippen MR) is 113 cm³/mol. The molecule has 2 aromatic rings. The van der Waals surface area contributed by atoms with Crippen LogP contribution in [0.4, 0.5) is 5.69 Å². The zero-order chi connectivity index (χ0) is 19.4. The topological polar surface area (TPSA) is 65.7 Å². The van der Waals surface area contributed by atoms with Crippen LogP contribution in [-0.4, -0.2) is 36.1 Å². The fourth-order valence-corrected chi connectivity index (χ4v) is 5.20. The summed E-state index contributed by atoms with van der Waals surface area (Å²) in [5.41, 5.74) is 7.98. The molecule has 0 radical (unpaired) electrons. The summed E-state index contributed by atoms with van der Waals surface area (Å²) in [7, 11) is 0.613. The first-order valence-corrected chi connectivity index (χ1v) is 11.5. The average Bonchev–Trinajstić information content (AvgIpc) is 2.74. The smallest absolute Gasteiger partial charge is 0.385 e. The molecule has 0 bridgehead atoms. The van der Waals surface area contributed by atoms with Crippen LogP contribution in [0, 0.1) is 0 Å². The molecule has 1 unspecified atom stereocenters. The van der Waals surface area contributed by atoms with Gasteiger partial charge < -0.3 is 24.3 Å². The van der Waals surface area contributed by atoms with E-state index in [4.69, 9.17) is 19.0 Å². The number of nitrogens with one attached hydrogen (secondary N) is 1. The van der Waals surface area contributed by atoms with Crippen molar-refractivity contribution in [3.63, 3.8) is 0 Å². The van der Waals surface area contributed by atoms with E-state index in [9.17, 15) is 0 Å². The second kappa shape index (κ2) is 11.9. The van der Waals surface area contributed by atoms with Gasteiger partial charge in [0.25, 0.3) is 0 Å². The molecule has 0 fully saturated rings. The fourth-order valence-electron chi connectivity index (χ4n) is 3.02. The van der Waals surface area contributed by atoms with Gasteiger partial charge in [0.05, 0.1) is 6.10 Å². The summed E-state index contributed by atoms with van der Waals surface area (Å²) in [5.74, 6) is 0. The van der Waals surface area contributed by atoms with Crippen molar-refractivity contribution < 1.29 is 13.3 Å². The van der Waals surface area contributed by atoms with Crippen LogP contribution < -0.4 is 11.1 Å². The normalized spacial score (nSPS) is 12.7. The number of rotatable bonds is 13. The zero-order valence-corrected chi connectivity index (χ0v) is 17.4. The Hall–Kier alpha value is -1.70. The molecular weight excluding hydrogens is 356 g/mol. The molecule has 6 heteroatoms. The fraction of sp³-hybridized carbons (Fsp3) is 0.429. The van der Waals surface area contributed by atoms with Gasteiger partial charge in [-0.25, -0.2) is 0 Å². The lowest BCUT2D eigenvalue weighted by molar-refractivity contribution is 0.0496. The minimum atomic E-state index is -2.76. The van der Waals surface area contributed by atoms with Crippen LogP contribution in [0.15, 0.2) is 60.7 Å². The molecule has 0 spiro atoms. The highest BCUT2D eigenvalue weighted by Gasteiger charge is 2.41. The lowest BCUT2D eigenvalue weighted by Crippen LogP contribution is -2.45. The molecule has 3 N–H and O–H groups in total. The first-order valence-electron chi connectivity index (χ1n) is 9.55. The van der Waals surface area contributed by atoms with Crippen LogP contribution >= 0.6 is 0 Å². The van der Waals surface area contributed by atoms with Crippen LogP contribution in [-0.2, 0) is 13.3 Å². The Labute approximate surface area is 164 Å². The van der Waals surface area contributed by atoms with Crippen molar-refractivity contribution in [1.29, 1.82) is 0 Å². The van der Waals surface area contributed by atoms with Crippen molar-refractivity contribution in [2.24, 2.45) is 5.73 Å². The first-order chi connectivity index (χ1) is 13.2. The number of hydrogen-bond acceptors (Lipinski definition) is 5. The minimum absolute atomic E-state index is 0.0663. The number of para-hydroxylation sites is 1. The van der Waals surface area contributed by atoms with Crippen molar-refractivity contribution >= 4 is 14.5 Å². The minimum Gasteiger partial charge on any atom is -0.385 e. The van der Waals surface area contributed by atoms with Gasteiger partial charge >= 0.3 is 8.80 Å². The third-order valence-corrected chi connectivity index (χ3v) is 7.40. The summed E-state index contributed by atoms with van der Waals surface area (Å²) in [6.45, 7) is 1.48. The van der Waals surface area contributed by atoms with Crippen LogP contribution in [0.1, 0.15) is 30.9 Å². The van der Waals surface area contributed by atoms with Gasteiger partial charge in [-0.3, -0.25) is 0 Å². The maximum absolute atomic E-state index is 6.49. The van der Waals surface area contributed by atoms with Crippen LogP contribution in [0.25, 0.3) is 0 Å². The van der Waals surface area contributed by atoms with Gasteiger partial charge in [-0.15, -0.1) is 0 Å². The van der Waals surface area contributed by atoms with E-state index in [1.807, 2.05) is 36.4 Å². The predicted octanol–water partition coefficient (Wildman–Crippen LogP) is 4.22. The molecule has 0 heterocycles.